The number of carboxylic acids is 1. The Balaban J connectivity index is 1.85. The van der Waals surface area contributed by atoms with Gasteiger partial charge in [-0.25, -0.2) is 4.79 Å². The van der Waals surface area contributed by atoms with Gasteiger partial charge in [0, 0.05) is 24.0 Å². The van der Waals surface area contributed by atoms with E-state index in [1.54, 1.807) is 17.4 Å². The SMILES string of the molecule is O=C(O)c1oc2ccccc2c1CNCc1ccsc1. The Labute approximate surface area is 119 Å². The molecular weight excluding hydrogens is 274 g/mol. The number of furan rings is 1. The van der Waals surface area contributed by atoms with Crippen LogP contribution >= 0.6 is 11.3 Å². The maximum Gasteiger partial charge on any atom is 0.372 e. The summed E-state index contributed by atoms with van der Waals surface area (Å²) in [7, 11) is 0. The molecule has 0 bridgehead atoms. The number of hydrogen-bond donors (Lipinski definition) is 2. The van der Waals surface area contributed by atoms with E-state index >= 15 is 0 Å². The highest BCUT2D eigenvalue weighted by Gasteiger charge is 2.19. The summed E-state index contributed by atoms with van der Waals surface area (Å²) in [5.74, 6) is -1.02. The number of hydrogen-bond acceptors (Lipinski definition) is 4. The third-order valence-electron chi connectivity index (χ3n) is 3.10. The van der Waals surface area contributed by atoms with Crippen LogP contribution in [0.2, 0.25) is 0 Å². The molecule has 0 atom stereocenters. The van der Waals surface area contributed by atoms with E-state index < -0.39 is 5.97 Å². The molecule has 0 radical (unpaired) electrons. The highest BCUT2D eigenvalue weighted by Crippen LogP contribution is 2.25. The fraction of sp³-hybridized carbons (Fsp3) is 0.133. The third kappa shape index (κ3) is 2.45. The maximum atomic E-state index is 11.3. The van der Waals surface area contributed by atoms with Gasteiger partial charge in [-0.3, -0.25) is 0 Å². The number of benzene rings is 1. The summed E-state index contributed by atoms with van der Waals surface area (Å²) in [6.07, 6.45) is 0. The predicted octanol–water partition coefficient (Wildman–Crippen LogP) is 3.48. The Kier molecular flexibility index (Phi) is 3.54. The number of para-hydroxylation sites is 1. The van der Waals surface area contributed by atoms with Gasteiger partial charge in [0.15, 0.2) is 0 Å². The van der Waals surface area contributed by atoms with Gasteiger partial charge in [-0.1, -0.05) is 18.2 Å². The third-order valence-corrected chi connectivity index (χ3v) is 3.84. The summed E-state index contributed by atoms with van der Waals surface area (Å²) in [4.78, 5) is 11.3. The molecule has 2 aromatic heterocycles. The first-order chi connectivity index (χ1) is 9.75. The summed E-state index contributed by atoms with van der Waals surface area (Å²) < 4.78 is 5.41. The van der Waals surface area contributed by atoms with Crippen molar-refractivity contribution in [3.05, 3.63) is 58.0 Å². The van der Waals surface area contributed by atoms with E-state index in [0.717, 1.165) is 5.39 Å². The summed E-state index contributed by atoms with van der Waals surface area (Å²) in [5, 5.41) is 17.4. The van der Waals surface area contributed by atoms with Crippen LogP contribution in [0.25, 0.3) is 11.0 Å². The van der Waals surface area contributed by atoms with Crippen LogP contribution in [0, 0.1) is 0 Å². The van der Waals surface area contributed by atoms with Crippen molar-refractivity contribution in [3.63, 3.8) is 0 Å². The van der Waals surface area contributed by atoms with Crippen LogP contribution in [0.15, 0.2) is 45.5 Å². The Hall–Kier alpha value is -2.11. The van der Waals surface area contributed by atoms with Crippen LogP contribution in [0.3, 0.4) is 0 Å². The molecule has 0 aliphatic heterocycles. The van der Waals surface area contributed by atoms with Crippen LogP contribution in [0.5, 0.6) is 0 Å². The van der Waals surface area contributed by atoms with E-state index in [0.29, 0.717) is 24.2 Å². The second kappa shape index (κ2) is 5.48. The van der Waals surface area contributed by atoms with Crippen molar-refractivity contribution in [1.82, 2.24) is 5.32 Å². The lowest BCUT2D eigenvalue weighted by Gasteiger charge is -2.03. The highest BCUT2D eigenvalue weighted by atomic mass is 32.1. The van der Waals surface area contributed by atoms with Crippen LogP contribution in [-0.2, 0) is 13.1 Å². The Morgan fingerprint density at radius 1 is 1.25 bits per heavy atom. The Morgan fingerprint density at radius 2 is 2.10 bits per heavy atom. The van der Waals surface area contributed by atoms with Gasteiger partial charge < -0.3 is 14.8 Å². The average molecular weight is 287 g/mol. The van der Waals surface area contributed by atoms with Crippen molar-refractivity contribution in [1.29, 1.82) is 0 Å². The molecule has 0 fully saturated rings. The normalized spacial score (nSPS) is 11.0. The quantitative estimate of drug-likeness (QED) is 0.754. The number of aromatic carboxylic acids is 1. The highest BCUT2D eigenvalue weighted by molar-refractivity contribution is 7.07. The zero-order valence-corrected chi connectivity index (χ0v) is 11.4. The van der Waals surface area contributed by atoms with Gasteiger partial charge in [-0.15, -0.1) is 0 Å². The molecule has 0 spiro atoms. The van der Waals surface area contributed by atoms with Crippen molar-refractivity contribution in [2.75, 3.05) is 0 Å². The minimum atomic E-state index is -1.03. The molecule has 2 N–H and O–H groups in total. The molecule has 0 aliphatic rings. The zero-order valence-electron chi connectivity index (χ0n) is 10.6. The van der Waals surface area contributed by atoms with E-state index in [-0.39, 0.29) is 5.76 Å². The molecule has 3 aromatic rings. The van der Waals surface area contributed by atoms with Gasteiger partial charge in [0.25, 0.3) is 0 Å². The monoisotopic (exact) mass is 287 g/mol. The van der Waals surface area contributed by atoms with Crippen LogP contribution in [0.1, 0.15) is 21.7 Å². The molecular formula is C15H13NO3S. The smallest absolute Gasteiger partial charge is 0.372 e. The first-order valence-corrected chi connectivity index (χ1v) is 7.15. The van der Waals surface area contributed by atoms with Crippen LogP contribution < -0.4 is 5.32 Å². The van der Waals surface area contributed by atoms with Gasteiger partial charge in [0.05, 0.1) is 0 Å². The van der Waals surface area contributed by atoms with Crippen molar-refractivity contribution < 1.29 is 14.3 Å². The second-order valence-electron chi connectivity index (χ2n) is 4.45. The second-order valence-corrected chi connectivity index (χ2v) is 5.23. The van der Waals surface area contributed by atoms with E-state index in [9.17, 15) is 9.90 Å². The first-order valence-electron chi connectivity index (χ1n) is 6.21. The molecule has 0 aliphatic carbocycles. The number of carboxylic acid groups (broad SMARTS) is 1. The molecule has 0 saturated heterocycles. The van der Waals surface area contributed by atoms with E-state index in [1.807, 2.05) is 29.6 Å². The molecule has 5 heteroatoms. The van der Waals surface area contributed by atoms with Gasteiger partial charge in [-0.05, 0) is 28.5 Å². The number of thiophene rings is 1. The lowest BCUT2D eigenvalue weighted by Crippen LogP contribution is -2.14. The molecule has 3 rings (SSSR count). The minimum absolute atomic E-state index is 0.0176. The summed E-state index contributed by atoms with van der Waals surface area (Å²) in [6.45, 7) is 1.18. The molecule has 4 nitrogen and oxygen atoms in total. The van der Waals surface area contributed by atoms with E-state index in [1.165, 1.54) is 5.56 Å². The van der Waals surface area contributed by atoms with Gasteiger partial charge in [-0.2, -0.15) is 11.3 Å². The maximum absolute atomic E-state index is 11.3. The molecule has 20 heavy (non-hydrogen) atoms. The molecule has 2 heterocycles. The van der Waals surface area contributed by atoms with Crippen molar-refractivity contribution in [2.24, 2.45) is 0 Å². The van der Waals surface area contributed by atoms with Gasteiger partial charge in [0.2, 0.25) is 5.76 Å². The van der Waals surface area contributed by atoms with Gasteiger partial charge in [0.1, 0.15) is 5.58 Å². The summed E-state index contributed by atoms with van der Waals surface area (Å²) in [5.41, 5.74) is 2.50. The van der Waals surface area contributed by atoms with E-state index in [2.05, 4.69) is 10.7 Å². The number of nitrogens with one attached hydrogen (secondary N) is 1. The number of rotatable bonds is 5. The van der Waals surface area contributed by atoms with Crippen molar-refractivity contribution in [2.45, 2.75) is 13.1 Å². The lowest BCUT2D eigenvalue weighted by atomic mass is 10.1. The standard InChI is InChI=1S/C15H13NO3S/c17-15(18)14-12(8-16-7-10-5-6-20-9-10)11-3-1-2-4-13(11)19-14/h1-6,9,16H,7-8H2,(H,17,18). The average Bonchev–Trinajstić information content (AvgIpc) is 3.07. The van der Waals surface area contributed by atoms with Crippen LogP contribution in [0.4, 0.5) is 0 Å². The molecule has 0 amide bonds. The Morgan fingerprint density at radius 3 is 2.85 bits per heavy atom. The largest absolute Gasteiger partial charge is 0.475 e. The minimum Gasteiger partial charge on any atom is -0.475 e. The van der Waals surface area contributed by atoms with Crippen molar-refractivity contribution >= 4 is 28.3 Å². The van der Waals surface area contributed by atoms with Crippen molar-refractivity contribution in [3.8, 4) is 0 Å². The molecule has 102 valence electrons. The number of carbonyl (C=O) groups is 1. The summed E-state index contributed by atoms with van der Waals surface area (Å²) in [6, 6.07) is 9.42. The van der Waals surface area contributed by atoms with E-state index in [4.69, 9.17) is 4.42 Å². The van der Waals surface area contributed by atoms with Crippen LogP contribution in [-0.4, -0.2) is 11.1 Å². The predicted molar refractivity (Wildman–Crippen MR) is 78.0 cm³/mol. The fourth-order valence-electron chi connectivity index (χ4n) is 2.17. The summed E-state index contributed by atoms with van der Waals surface area (Å²) >= 11 is 1.65. The molecule has 0 unspecified atom stereocenters. The lowest BCUT2D eigenvalue weighted by molar-refractivity contribution is 0.0663. The topological polar surface area (TPSA) is 62.5 Å². The Bertz CT molecular complexity index is 731. The number of fused-ring (bicyclic) bond motifs is 1. The zero-order chi connectivity index (χ0) is 13.9. The van der Waals surface area contributed by atoms with Gasteiger partial charge >= 0.3 is 5.97 Å². The molecule has 1 aromatic carbocycles. The first kappa shape index (κ1) is 12.9. The fourth-order valence-corrected chi connectivity index (χ4v) is 2.84. The molecule has 0 saturated carbocycles.